The van der Waals surface area contributed by atoms with Gasteiger partial charge in [0.2, 0.25) is 5.01 Å². The van der Waals surface area contributed by atoms with Crippen LogP contribution in [-0.2, 0) is 6.11 Å². The number of hydrogen-bond donors (Lipinski definition) is 0. The van der Waals surface area contributed by atoms with E-state index >= 15 is 17.6 Å². The normalized spacial score (nSPS) is 11.9. The summed E-state index contributed by atoms with van der Waals surface area (Å²) in [6.45, 7) is 1.97. The lowest BCUT2D eigenvalue weighted by atomic mass is 9.97. The lowest BCUT2D eigenvalue weighted by molar-refractivity contribution is -0.185. The Labute approximate surface area is 271 Å². The van der Waals surface area contributed by atoms with Gasteiger partial charge in [0.25, 0.3) is 0 Å². The zero-order valence-corrected chi connectivity index (χ0v) is 25.3. The fourth-order valence-electron chi connectivity index (χ4n) is 5.46. The highest BCUT2D eigenvalue weighted by atomic mass is 32.1. The first kappa shape index (κ1) is 31.3. The maximum absolute atomic E-state index is 15.4. The fraction of sp³-hybridized carbons (Fsp3) is 0.0541. The average Bonchev–Trinajstić information content (AvgIpc) is 3.48. The molecule has 2 nitrogen and oxygen atoms in total. The number of hydrogen-bond acceptors (Lipinski definition) is 3. The van der Waals surface area contributed by atoms with Gasteiger partial charge in [-0.15, -0.1) is 11.3 Å². The first-order chi connectivity index (χ1) is 22.9. The quantitative estimate of drug-likeness (QED) is 0.129. The summed E-state index contributed by atoms with van der Waals surface area (Å²) in [4.78, 5) is 3.90. The van der Waals surface area contributed by atoms with Crippen LogP contribution in [-0.4, -0.2) is 4.98 Å². The number of thiazole rings is 1. The molecule has 0 aliphatic heterocycles. The SMILES string of the molecule is Cc1ccc2cc(-c3cc(F)c(-c4ccc5nc(C(F)(F)Oc6ccc(-c7cc(F)c(F)c(F)c7)c(F)c6)sc5c4)c(F)c3)ccc2c1. The minimum Gasteiger partial charge on any atom is -0.427 e. The van der Waals surface area contributed by atoms with E-state index in [1.807, 2.05) is 37.3 Å². The molecule has 0 spiro atoms. The van der Waals surface area contributed by atoms with E-state index in [0.29, 0.717) is 40.7 Å². The van der Waals surface area contributed by atoms with Crippen molar-refractivity contribution in [2.45, 2.75) is 13.0 Å². The Balaban J connectivity index is 1.15. The molecule has 11 heteroatoms. The molecule has 0 radical (unpaired) electrons. The molecule has 0 fully saturated rings. The van der Waals surface area contributed by atoms with Crippen LogP contribution in [0.25, 0.3) is 54.4 Å². The maximum Gasteiger partial charge on any atom is 0.454 e. The Morgan fingerprint density at radius 1 is 0.583 bits per heavy atom. The van der Waals surface area contributed by atoms with Crippen molar-refractivity contribution >= 4 is 32.3 Å². The van der Waals surface area contributed by atoms with Crippen molar-refractivity contribution in [3.8, 4) is 39.1 Å². The summed E-state index contributed by atoms with van der Waals surface area (Å²) in [7, 11) is 0. The Hall–Kier alpha value is -5.29. The van der Waals surface area contributed by atoms with E-state index in [4.69, 9.17) is 4.74 Å². The van der Waals surface area contributed by atoms with Crippen molar-refractivity contribution in [3.05, 3.63) is 143 Å². The summed E-state index contributed by atoms with van der Waals surface area (Å²) in [5.74, 6) is -8.31. The van der Waals surface area contributed by atoms with E-state index < -0.39 is 51.8 Å². The second kappa shape index (κ2) is 11.7. The van der Waals surface area contributed by atoms with E-state index in [2.05, 4.69) is 4.98 Å². The second-order valence-electron chi connectivity index (χ2n) is 11.1. The minimum absolute atomic E-state index is 0.101. The molecule has 1 aromatic heterocycles. The van der Waals surface area contributed by atoms with Crippen LogP contribution >= 0.6 is 11.3 Å². The molecule has 0 atom stereocenters. The molecule has 0 amide bonds. The maximum atomic E-state index is 15.4. The van der Waals surface area contributed by atoms with Gasteiger partial charge in [-0.1, -0.05) is 42.0 Å². The topological polar surface area (TPSA) is 22.1 Å². The van der Waals surface area contributed by atoms with E-state index in [-0.39, 0.29) is 32.5 Å². The molecule has 0 aliphatic rings. The van der Waals surface area contributed by atoms with Gasteiger partial charge < -0.3 is 4.74 Å². The first-order valence-corrected chi connectivity index (χ1v) is 15.1. The van der Waals surface area contributed by atoms with Crippen LogP contribution in [0.15, 0.2) is 97.1 Å². The van der Waals surface area contributed by atoms with E-state index in [9.17, 15) is 17.6 Å². The van der Waals surface area contributed by atoms with E-state index in [0.717, 1.165) is 28.5 Å². The van der Waals surface area contributed by atoms with Crippen molar-refractivity contribution in [1.29, 1.82) is 0 Å². The van der Waals surface area contributed by atoms with Gasteiger partial charge in [-0.3, -0.25) is 0 Å². The molecule has 0 saturated carbocycles. The lowest BCUT2D eigenvalue weighted by Gasteiger charge is -2.16. The summed E-state index contributed by atoms with van der Waals surface area (Å²) >= 11 is 0.511. The zero-order valence-electron chi connectivity index (χ0n) is 24.5. The highest BCUT2D eigenvalue weighted by Crippen LogP contribution is 2.40. The first-order valence-electron chi connectivity index (χ1n) is 14.3. The second-order valence-corrected chi connectivity index (χ2v) is 12.1. The van der Waals surface area contributed by atoms with Gasteiger partial charge in [-0.05, 0) is 94.5 Å². The van der Waals surface area contributed by atoms with Gasteiger partial charge in [-0.25, -0.2) is 31.3 Å². The number of benzene rings is 6. The van der Waals surface area contributed by atoms with Crippen LogP contribution in [0.5, 0.6) is 5.75 Å². The predicted molar refractivity (Wildman–Crippen MR) is 169 cm³/mol. The summed E-state index contributed by atoms with van der Waals surface area (Å²) < 4.78 is 122. The monoisotopic (exact) mass is 677 g/mol. The van der Waals surface area contributed by atoms with Crippen LogP contribution in [0.3, 0.4) is 0 Å². The lowest BCUT2D eigenvalue weighted by Crippen LogP contribution is -2.21. The number of aryl methyl sites for hydroxylation is 1. The van der Waals surface area contributed by atoms with E-state index in [1.165, 1.54) is 30.3 Å². The number of fused-ring (bicyclic) bond motifs is 2. The predicted octanol–water partition coefficient (Wildman–Crippen LogP) is 11.7. The Morgan fingerprint density at radius 3 is 1.94 bits per heavy atom. The standard InChI is InChI=1S/C37H19F8NOS/c1-18-2-3-20-11-21(5-4-19(20)10-18)23-12-28(39)34(29(40)13-23)22-6-9-32-33(16-22)48-36(46-32)37(44,45)47-25-7-8-26(27(38)17-25)24-14-30(41)35(43)31(42)15-24/h2-17H,1H3. The molecule has 0 bridgehead atoms. The Morgan fingerprint density at radius 2 is 1.23 bits per heavy atom. The van der Waals surface area contributed by atoms with Crippen LogP contribution in [0.4, 0.5) is 35.1 Å². The van der Waals surface area contributed by atoms with Crippen molar-refractivity contribution in [2.75, 3.05) is 0 Å². The minimum atomic E-state index is -4.07. The molecule has 0 N–H and O–H groups in total. The molecule has 0 unspecified atom stereocenters. The zero-order chi connectivity index (χ0) is 33.9. The fourth-order valence-corrected chi connectivity index (χ4v) is 6.38. The number of alkyl halides is 2. The molecule has 7 rings (SSSR count). The number of nitrogens with zero attached hydrogens (tertiary/aromatic N) is 1. The molecular weight excluding hydrogens is 658 g/mol. The molecule has 0 saturated heterocycles. The third kappa shape index (κ3) is 5.74. The van der Waals surface area contributed by atoms with E-state index in [1.54, 1.807) is 6.07 Å². The molecule has 48 heavy (non-hydrogen) atoms. The van der Waals surface area contributed by atoms with Crippen molar-refractivity contribution < 1.29 is 39.9 Å². The van der Waals surface area contributed by atoms with Crippen molar-refractivity contribution in [1.82, 2.24) is 4.98 Å². The van der Waals surface area contributed by atoms with Crippen LogP contribution < -0.4 is 4.74 Å². The third-order valence-electron chi connectivity index (χ3n) is 7.78. The summed E-state index contributed by atoms with van der Waals surface area (Å²) in [5.41, 5.74) is 1.17. The number of aromatic nitrogens is 1. The molecule has 6 aromatic carbocycles. The van der Waals surface area contributed by atoms with Crippen LogP contribution in [0.2, 0.25) is 0 Å². The molecular formula is C37H19F8NOS. The molecule has 240 valence electrons. The molecule has 0 aliphatic carbocycles. The van der Waals surface area contributed by atoms with Gasteiger partial charge in [0.1, 0.15) is 23.2 Å². The summed E-state index contributed by atoms with van der Waals surface area (Å²) in [5, 5.41) is 1.09. The van der Waals surface area contributed by atoms with Crippen LogP contribution in [0, 0.1) is 41.8 Å². The van der Waals surface area contributed by atoms with Gasteiger partial charge in [0.05, 0.1) is 15.8 Å². The Bertz CT molecular complexity index is 2360. The number of ether oxygens (including phenoxy) is 1. The highest BCUT2D eigenvalue weighted by Gasteiger charge is 2.39. The van der Waals surface area contributed by atoms with Crippen molar-refractivity contribution in [3.63, 3.8) is 0 Å². The van der Waals surface area contributed by atoms with Crippen molar-refractivity contribution in [2.24, 2.45) is 0 Å². The number of rotatable bonds is 6. The average molecular weight is 678 g/mol. The number of halogens is 8. The highest BCUT2D eigenvalue weighted by molar-refractivity contribution is 7.18. The Kier molecular flexibility index (Phi) is 7.66. The molecule has 1 heterocycles. The van der Waals surface area contributed by atoms with Crippen LogP contribution in [0.1, 0.15) is 10.6 Å². The molecule has 7 aromatic rings. The van der Waals surface area contributed by atoms with Gasteiger partial charge in [0, 0.05) is 11.6 Å². The van der Waals surface area contributed by atoms with Gasteiger partial charge in [0.15, 0.2) is 17.5 Å². The third-order valence-corrected chi connectivity index (χ3v) is 8.85. The summed E-state index contributed by atoms with van der Waals surface area (Å²) in [6.07, 6.45) is -4.07. The largest absolute Gasteiger partial charge is 0.454 e. The van der Waals surface area contributed by atoms with Gasteiger partial charge in [-0.2, -0.15) is 8.78 Å². The van der Waals surface area contributed by atoms with Gasteiger partial charge >= 0.3 is 6.11 Å². The smallest absolute Gasteiger partial charge is 0.427 e. The summed E-state index contributed by atoms with van der Waals surface area (Å²) in [6, 6.07) is 21.5.